The molecule has 0 unspecified atom stereocenters. The first kappa shape index (κ1) is 22.7. The van der Waals surface area contributed by atoms with Crippen LogP contribution >= 0.6 is 11.3 Å². The average molecular weight is 541 g/mol. The number of anilines is 2. The molecule has 41 heavy (non-hydrogen) atoms. The zero-order chi connectivity index (χ0) is 26.9. The van der Waals surface area contributed by atoms with Gasteiger partial charge in [0.25, 0.3) is 0 Å². The highest BCUT2D eigenvalue weighted by atomic mass is 32.1. The summed E-state index contributed by atoms with van der Waals surface area (Å²) in [6.45, 7) is 0. The molecule has 0 saturated carbocycles. The Kier molecular flexibility index (Phi) is 4.80. The molecule has 8 aromatic rings. The van der Waals surface area contributed by atoms with Gasteiger partial charge in [0.15, 0.2) is 0 Å². The molecule has 1 aliphatic rings. The Morgan fingerprint density at radius 2 is 1.17 bits per heavy atom. The van der Waals surface area contributed by atoms with Crippen LogP contribution in [0.2, 0.25) is 0 Å². The third-order valence-electron chi connectivity index (χ3n) is 8.33. The van der Waals surface area contributed by atoms with Gasteiger partial charge in [0.2, 0.25) is 0 Å². The highest BCUT2D eigenvalue weighted by Crippen LogP contribution is 2.41. The predicted octanol–water partition coefficient (Wildman–Crippen LogP) is 11.0. The summed E-state index contributed by atoms with van der Waals surface area (Å²) in [5.41, 5.74) is 10.7. The molecule has 0 fully saturated rings. The van der Waals surface area contributed by atoms with E-state index in [1.807, 2.05) is 11.3 Å². The number of nitrogens with zero attached hydrogens (tertiary/aromatic N) is 1. The van der Waals surface area contributed by atoms with Gasteiger partial charge in [0.1, 0.15) is 0 Å². The number of hydrogen-bond donors (Lipinski definition) is 1. The molecule has 1 N–H and O–H groups in total. The lowest BCUT2D eigenvalue weighted by atomic mass is 10.00. The summed E-state index contributed by atoms with van der Waals surface area (Å²) in [7, 11) is 0. The van der Waals surface area contributed by atoms with Crippen molar-refractivity contribution in [2.75, 3.05) is 5.32 Å². The Hall–Kier alpha value is -5.12. The van der Waals surface area contributed by atoms with Crippen molar-refractivity contribution < 1.29 is 0 Å². The minimum absolute atomic E-state index is 1.13. The fraction of sp³-hybridized carbons (Fsp3) is 0. The summed E-state index contributed by atoms with van der Waals surface area (Å²) >= 11 is 1.86. The van der Waals surface area contributed by atoms with Crippen molar-refractivity contribution in [3.05, 3.63) is 139 Å². The summed E-state index contributed by atoms with van der Waals surface area (Å²) in [5, 5.41) is 8.93. The molecule has 3 heteroatoms. The van der Waals surface area contributed by atoms with Crippen LogP contribution in [0, 0.1) is 0 Å². The van der Waals surface area contributed by atoms with Gasteiger partial charge >= 0.3 is 0 Å². The van der Waals surface area contributed by atoms with Gasteiger partial charge in [0.05, 0.1) is 11.0 Å². The molecule has 192 valence electrons. The first-order valence-corrected chi connectivity index (χ1v) is 14.8. The van der Waals surface area contributed by atoms with Crippen LogP contribution in [0.1, 0.15) is 11.1 Å². The minimum Gasteiger partial charge on any atom is -0.355 e. The molecule has 0 atom stereocenters. The second-order valence-electron chi connectivity index (χ2n) is 10.7. The van der Waals surface area contributed by atoms with E-state index in [2.05, 4.69) is 149 Å². The van der Waals surface area contributed by atoms with Crippen molar-refractivity contribution in [3.63, 3.8) is 0 Å². The summed E-state index contributed by atoms with van der Waals surface area (Å²) in [6, 6.07) is 46.3. The molecule has 0 saturated heterocycles. The highest BCUT2D eigenvalue weighted by Gasteiger charge is 2.16. The fourth-order valence-corrected chi connectivity index (χ4v) is 7.49. The first-order chi connectivity index (χ1) is 20.3. The van der Waals surface area contributed by atoms with Crippen LogP contribution in [0.15, 0.2) is 127 Å². The maximum atomic E-state index is 3.74. The highest BCUT2D eigenvalue weighted by molar-refractivity contribution is 7.25. The topological polar surface area (TPSA) is 17.0 Å². The number of thiophene rings is 1. The van der Waals surface area contributed by atoms with Gasteiger partial charge in [-0.15, -0.1) is 11.3 Å². The smallest absolute Gasteiger partial charge is 0.0547 e. The van der Waals surface area contributed by atoms with Crippen LogP contribution in [0.4, 0.5) is 11.4 Å². The largest absolute Gasteiger partial charge is 0.355 e. The quantitative estimate of drug-likeness (QED) is 0.231. The number of rotatable bonds is 2. The monoisotopic (exact) mass is 540 g/mol. The zero-order valence-electron chi connectivity index (χ0n) is 22.1. The van der Waals surface area contributed by atoms with Gasteiger partial charge in [0, 0.05) is 48.0 Å². The summed E-state index contributed by atoms with van der Waals surface area (Å²) in [5.74, 6) is 0. The maximum absolute atomic E-state index is 3.74. The van der Waals surface area contributed by atoms with Crippen LogP contribution < -0.4 is 5.32 Å². The third-order valence-corrected chi connectivity index (χ3v) is 9.47. The van der Waals surface area contributed by atoms with E-state index in [0.717, 1.165) is 11.4 Å². The zero-order valence-corrected chi connectivity index (χ0v) is 23.0. The molecule has 0 spiro atoms. The van der Waals surface area contributed by atoms with Gasteiger partial charge in [-0.25, -0.2) is 0 Å². The van der Waals surface area contributed by atoms with Crippen LogP contribution in [0.5, 0.6) is 0 Å². The second kappa shape index (κ2) is 8.69. The maximum Gasteiger partial charge on any atom is 0.0547 e. The molecule has 2 aromatic heterocycles. The molecule has 0 bridgehead atoms. The van der Waals surface area contributed by atoms with E-state index in [1.54, 1.807) is 0 Å². The third kappa shape index (κ3) is 3.49. The Labute approximate surface area is 241 Å². The molecule has 1 aliphatic heterocycles. The van der Waals surface area contributed by atoms with Crippen LogP contribution in [-0.4, -0.2) is 4.57 Å². The number of hydrogen-bond acceptors (Lipinski definition) is 2. The SMILES string of the molecule is C1=Cc2cc3sc4ccccc4c3cc2Nc2ccc(-c3ccc4c5ccccc5n(-c5ccccc5)c4c3)cc21. The number of benzene rings is 6. The molecule has 9 rings (SSSR count). The van der Waals surface area contributed by atoms with E-state index < -0.39 is 0 Å². The van der Waals surface area contributed by atoms with Crippen molar-refractivity contribution in [1.82, 2.24) is 4.57 Å². The van der Waals surface area contributed by atoms with Gasteiger partial charge in [-0.2, -0.15) is 0 Å². The van der Waals surface area contributed by atoms with E-state index in [9.17, 15) is 0 Å². The molecule has 2 nitrogen and oxygen atoms in total. The summed E-state index contributed by atoms with van der Waals surface area (Å²) in [6.07, 6.45) is 4.49. The molecule has 3 heterocycles. The van der Waals surface area contributed by atoms with Crippen molar-refractivity contribution in [2.24, 2.45) is 0 Å². The average Bonchev–Trinajstić information content (AvgIpc) is 3.48. The lowest BCUT2D eigenvalue weighted by molar-refractivity contribution is 1.18. The molecule has 0 radical (unpaired) electrons. The van der Waals surface area contributed by atoms with Gasteiger partial charge in [-0.3, -0.25) is 0 Å². The Bertz CT molecular complexity index is 2340. The molecule has 6 aromatic carbocycles. The van der Waals surface area contributed by atoms with E-state index in [0.29, 0.717) is 0 Å². The number of para-hydroxylation sites is 2. The van der Waals surface area contributed by atoms with Crippen LogP contribution in [0.3, 0.4) is 0 Å². The Morgan fingerprint density at radius 3 is 2.07 bits per heavy atom. The van der Waals surface area contributed by atoms with Crippen molar-refractivity contribution >= 4 is 76.8 Å². The van der Waals surface area contributed by atoms with Crippen LogP contribution in [0.25, 0.3) is 70.9 Å². The molecule has 0 amide bonds. The number of aromatic nitrogens is 1. The van der Waals surface area contributed by atoms with Gasteiger partial charge < -0.3 is 9.88 Å². The van der Waals surface area contributed by atoms with E-state index in [1.165, 1.54) is 69.9 Å². The lowest BCUT2D eigenvalue weighted by Gasteiger charge is -2.12. The molecule has 0 aliphatic carbocycles. The van der Waals surface area contributed by atoms with Crippen molar-refractivity contribution in [2.45, 2.75) is 0 Å². The second-order valence-corrected chi connectivity index (χ2v) is 11.8. The summed E-state index contributed by atoms with van der Waals surface area (Å²) in [4.78, 5) is 0. The van der Waals surface area contributed by atoms with Gasteiger partial charge in [-0.1, -0.05) is 84.9 Å². The minimum atomic E-state index is 1.13. The van der Waals surface area contributed by atoms with E-state index in [-0.39, 0.29) is 0 Å². The van der Waals surface area contributed by atoms with E-state index >= 15 is 0 Å². The lowest BCUT2D eigenvalue weighted by Crippen LogP contribution is -1.94. The predicted molar refractivity (Wildman–Crippen MR) is 178 cm³/mol. The Morgan fingerprint density at radius 1 is 0.463 bits per heavy atom. The number of fused-ring (bicyclic) bond motifs is 8. The fourth-order valence-electron chi connectivity index (χ4n) is 6.36. The standard InChI is InChI=1S/C38H24N2S/c1-2-8-28(9-3-1)40-35-12-6-4-10-29(35)30-18-16-25(21-36(30)40)24-17-19-33-26(20-24)14-15-27-22-38-32(23-34(27)39-33)31-11-5-7-13-37(31)41-38/h1-23,39H. The first-order valence-electron chi connectivity index (χ1n) is 13.9. The van der Waals surface area contributed by atoms with E-state index in [4.69, 9.17) is 0 Å². The molecular formula is C38H24N2S. The Balaban J connectivity index is 1.17. The van der Waals surface area contributed by atoms with Crippen molar-refractivity contribution in [1.29, 1.82) is 0 Å². The van der Waals surface area contributed by atoms with Crippen LogP contribution in [-0.2, 0) is 0 Å². The summed E-state index contributed by atoms with van der Waals surface area (Å²) < 4.78 is 5.04. The molecular weight excluding hydrogens is 516 g/mol. The van der Waals surface area contributed by atoms with Gasteiger partial charge in [-0.05, 0) is 76.9 Å². The number of nitrogens with one attached hydrogen (secondary N) is 1. The normalized spacial score (nSPS) is 12.5. The van der Waals surface area contributed by atoms with Crippen molar-refractivity contribution in [3.8, 4) is 16.8 Å².